The van der Waals surface area contributed by atoms with Crippen LogP contribution in [0.3, 0.4) is 0 Å². The molecule has 0 atom stereocenters. The highest BCUT2D eigenvalue weighted by atomic mass is 16.5. The van der Waals surface area contributed by atoms with E-state index in [0.717, 1.165) is 16.8 Å². The molecule has 4 N–H and O–H groups in total. The number of aromatic nitrogens is 5. The van der Waals surface area contributed by atoms with Crippen LogP contribution in [0.4, 0.5) is 0 Å². The van der Waals surface area contributed by atoms with E-state index < -0.39 is 0 Å². The van der Waals surface area contributed by atoms with Gasteiger partial charge in [0.2, 0.25) is 0 Å². The maximum atomic E-state index is 11.0. The molecule has 1 fully saturated rings. The van der Waals surface area contributed by atoms with Crippen LogP contribution in [0.5, 0.6) is 0 Å². The Morgan fingerprint density at radius 2 is 1.81 bits per heavy atom. The molecule has 3 heterocycles. The standard InChI is InChI=1S/C9H16O2.C7H5N5.3C2H6.CH6N2/c1-2-11-9(10)7-8-5-3-4-6-8;1-2-8-7-5(1)12-4-10-11-6(12)3-9-7;3*1-2;1-3-2/h8H,2-7H2,1H3;1-4,8H;3*1-2H3;3H,2H2,1H3. The summed E-state index contributed by atoms with van der Waals surface area (Å²) in [6.45, 7) is 14.4. The Bertz CT molecular complexity index is 746. The average molecular weight is 452 g/mol. The van der Waals surface area contributed by atoms with Crippen LogP contribution in [-0.2, 0) is 9.53 Å². The molecule has 0 amide bonds. The van der Waals surface area contributed by atoms with Crippen molar-refractivity contribution in [3.8, 4) is 0 Å². The SMILES string of the molecule is CC.CC.CC.CCOC(=O)CC1CCCC1.CNN.c1cc2c(ncc3nncn32)[nH]1. The molecule has 0 aliphatic heterocycles. The lowest BCUT2D eigenvalue weighted by Crippen LogP contribution is -2.13. The van der Waals surface area contributed by atoms with E-state index >= 15 is 0 Å². The van der Waals surface area contributed by atoms with Crippen molar-refractivity contribution in [3.63, 3.8) is 0 Å². The molecule has 0 unspecified atom stereocenters. The Hall–Kier alpha value is -2.52. The number of rotatable bonds is 3. The van der Waals surface area contributed by atoms with Crippen LogP contribution in [0.1, 0.15) is 80.6 Å². The van der Waals surface area contributed by atoms with Crippen LogP contribution in [0, 0.1) is 5.92 Å². The fourth-order valence-corrected chi connectivity index (χ4v) is 2.96. The summed E-state index contributed by atoms with van der Waals surface area (Å²) in [6.07, 6.45) is 10.9. The van der Waals surface area contributed by atoms with Gasteiger partial charge < -0.3 is 9.72 Å². The Balaban J connectivity index is 0. The summed E-state index contributed by atoms with van der Waals surface area (Å²) in [5.74, 6) is 5.20. The zero-order valence-electron chi connectivity index (χ0n) is 21.3. The van der Waals surface area contributed by atoms with Gasteiger partial charge in [-0.3, -0.25) is 20.5 Å². The molecule has 32 heavy (non-hydrogen) atoms. The second-order valence-electron chi connectivity index (χ2n) is 5.98. The van der Waals surface area contributed by atoms with Crippen molar-refractivity contribution in [2.45, 2.75) is 80.6 Å². The number of hydrazine groups is 1. The molecule has 9 nitrogen and oxygen atoms in total. The number of H-pyrrole nitrogens is 1. The number of esters is 1. The molecule has 0 bridgehead atoms. The molecule has 3 aromatic rings. The lowest BCUT2D eigenvalue weighted by molar-refractivity contribution is -0.144. The van der Waals surface area contributed by atoms with Gasteiger partial charge in [-0.15, -0.1) is 10.2 Å². The molecule has 1 aliphatic carbocycles. The van der Waals surface area contributed by atoms with Gasteiger partial charge in [0.15, 0.2) is 11.3 Å². The first kappa shape index (κ1) is 31.7. The highest BCUT2D eigenvalue weighted by molar-refractivity contribution is 5.73. The molecule has 1 aliphatic rings. The Morgan fingerprint density at radius 1 is 1.22 bits per heavy atom. The quantitative estimate of drug-likeness (QED) is 0.294. The number of carbonyl (C=O) groups excluding carboxylic acids is 1. The fraction of sp³-hybridized carbons (Fsp3) is 0.652. The largest absolute Gasteiger partial charge is 0.466 e. The van der Waals surface area contributed by atoms with E-state index in [4.69, 9.17) is 4.74 Å². The van der Waals surface area contributed by atoms with Gasteiger partial charge in [-0.25, -0.2) is 4.98 Å². The third-order valence-electron chi connectivity index (χ3n) is 4.08. The van der Waals surface area contributed by atoms with E-state index in [1.807, 2.05) is 65.1 Å². The van der Waals surface area contributed by atoms with Crippen molar-refractivity contribution in [2.75, 3.05) is 13.7 Å². The number of aromatic amines is 1. The van der Waals surface area contributed by atoms with Crippen LogP contribution in [-0.4, -0.2) is 44.2 Å². The van der Waals surface area contributed by atoms with Crippen LogP contribution < -0.4 is 11.3 Å². The number of fused-ring (bicyclic) bond motifs is 3. The minimum atomic E-state index is -0.0144. The lowest BCUT2D eigenvalue weighted by Gasteiger charge is -2.06. The van der Waals surface area contributed by atoms with Crippen LogP contribution in [0.2, 0.25) is 0 Å². The first-order chi connectivity index (χ1) is 15.7. The monoisotopic (exact) mass is 451 g/mol. The maximum absolute atomic E-state index is 11.0. The summed E-state index contributed by atoms with van der Waals surface area (Å²) in [5, 5.41) is 7.68. The molecule has 3 aromatic heterocycles. The first-order valence-corrected chi connectivity index (χ1v) is 11.8. The minimum Gasteiger partial charge on any atom is -0.466 e. The van der Waals surface area contributed by atoms with E-state index in [9.17, 15) is 4.79 Å². The zero-order chi connectivity index (χ0) is 24.8. The number of hydrogen-bond acceptors (Lipinski definition) is 7. The van der Waals surface area contributed by atoms with E-state index in [1.54, 1.807) is 19.6 Å². The fourth-order valence-electron chi connectivity index (χ4n) is 2.96. The van der Waals surface area contributed by atoms with Gasteiger partial charge in [0.1, 0.15) is 6.33 Å². The molecule has 0 radical (unpaired) electrons. The van der Waals surface area contributed by atoms with E-state index in [0.29, 0.717) is 18.9 Å². The maximum Gasteiger partial charge on any atom is 0.306 e. The van der Waals surface area contributed by atoms with Gasteiger partial charge in [-0.2, -0.15) is 0 Å². The summed E-state index contributed by atoms with van der Waals surface area (Å²) in [6, 6.07) is 1.94. The van der Waals surface area contributed by atoms with Crippen molar-refractivity contribution in [1.29, 1.82) is 0 Å². The highest BCUT2D eigenvalue weighted by Crippen LogP contribution is 2.27. The number of ether oxygens (including phenoxy) is 1. The highest BCUT2D eigenvalue weighted by Gasteiger charge is 2.18. The van der Waals surface area contributed by atoms with E-state index in [2.05, 4.69) is 31.4 Å². The van der Waals surface area contributed by atoms with Gasteiger partial charge >= 0.3 is 5.97 Å². The molecular formula is C23H45N7O2. The van der Waals surface area contributed by atoms with Gasteiger partial charge in [-0.05, 0) is 38.8 Å². The molecule has 0 aromatic carbocycles. The predicted octanol–water partition coefficient (Wildman–Crippen LogP) is 4.89. The third kappa shape index (κ3) is 11.8. The summed E-state index contributed by atoms with van der Waals surface area (Å²) in [7, 11) is 1.65. The van der Waals surface area contributed by atoms with E-state index in [-0.39, 0.29) is 5.97 Å². The predicted molar refractivity (Wildman–Crippen MR) is 133 cm³/mol. The lowest BCUT2D eigenvalue weighted by atomic mass is 10.1. The topological polar surface area (TPSA) is 123 Å². The number of nitrogens with one attached hydrogen (secondary N) is 2. The number of nitrogens with zero attached hydrogens (tertiary/aromatic N) is 4. The number of hydrogen-bond donors (Lipinski definition) is 3. The Labute approximate surface area is 193 Å². The van der Waals surface area contributed by atoms with Crippen molar-refractivity contribution in [1.82, 2.24) is 30.0 Å². The summed E-state index contributed by atoms with van der Waals surface area (Å²) >= 11 is 0. The molecule has 0 saturated heterocycles. The molecule has 184 valence electrons. The normalized spacial score (nSPS) is 11.8. The molecule has 9 heteroatoms. The van der Waals surface area contributed by atoms with Gasteiger partial charge in [0.05, 0.1) is 18.3 Å². The molecular weight excluding hydrogens is 406 g/mol. The van der Waals surface area contributed by atoms with Crippen molar-refractivity contribution in [3.05, 3.63) is 24.8 Å². The molecule has 0 spiro atoms. The second kappa shape index (κ2) is 21.7. The smallest absolute Gasteiger partial charge is 0.306 e. The zero-order valence-corrected chi connectivity index (χ0v) is 21.3. The average Bonchev–Trinajstić information content (AvgIpc) is 3.60. The van der Waals surface area contributed by atoms with Gasteiger partial charge in [0, 0.05) is 12.6 Å². The van der Waals surface area contributed by atoms with Gasteiger partial charge in [0.25, 0.3) is 0 Å². The Morgan fingerprint density at radius 3 is 2.38 bits per heavy atom. The summed E-state index contributed by atoms with van der Waals surface area (Å²) in [5.41, 5.74) is 4.86. The summed E-state index contributed by atoms with van der Waals surface area (Å²) in [4.78, 5) is 18.2. The summed E-state index contributed by atoms with van der Waals surface area (Å²) < 4.78 is 6.75. The van der Waals surface area contributed by atoms with E-state index in [1.165, 1.54) is 25.7 Å². The molecule has 1 saturated carbocycles. The number of nitrogens with two attached hydrogens (primary N) is 1. The Kier molecular flexibility index (Phi) is 21.5. The second-order valence-corrected chi connectivity index (χ2v) is 5.98. The van der Waals surface area contributed by atoms with Crippen molar-refractivity contribution >= 4 is 22.8 Å². The van der Waals surface area contributed by atoms with Crippen LogP contribution in [0.15, 0.2) is 24.8 Å². The first-order valence-electron chi connectivity index (χ1n) is 11.8. The minimum absolute atomic E-state index is 0.0144. The number of carbonyl (C=O) groups is 1. The van der Waals surface area contributed by atoms with Crippen molar-refractivity contribution < 1.29 is 9.53 Å². The van der Waals surface area contributed by atoms with Crippen LogP contribution in [0.25, 0.3) is 16.8 Å². The van der Waals surface area contributed by atoms with Crippen LogP contribution >= 0.6 is 0 Å². The van der Waals surface area contributed by atoms with Gasteiger partial charge in [-0.1, -0.05) is 54.4 Å². The molecule has 4 rings (SSSR count). The van der Waals surface area contributed by atoms with Crippen molar-refractivity contribution in [2.24, 2.45) is 11.8 Å². The third-order valence-corrected chi connectivity index (χ3v) is 4.08.